The Bertz CT molecular complexity index is 311. The van der Waals surface area contributed by atoms with Gasteiger partial charge in [-0.15, -0.1) is 11.6 Å². The molecule has 0 aliphatic carbocycles. The number of alkyl halides is 4. The van der Waals surface area contributed by atoms with Gasteiger partial charge in [-0.25, -0.2) is 0 Å². The van der Waals surface area contributed by atoms with Crippen molar-refractivity contribution in [3.05, 3.63) is 28.5 Å². The number of hydrogen-bond donors (Lipinski definition) is 0. The van der Waals surface area contributed by atoms with Crippen LogP contribution < -0.4 is 0 Å². The first-order valence-corrected chi connectivity index (χ1v) is 4.13. The van der Waals surface area contributed by atoms with Crippen LogP contribution in [-0.4, -0.2) is 4.98 Å². The van der Waals surface area contributed by atoms with Gasteiger partial charge < -0.3 is 0 Å². The Hall–Kier alpha value is -0.480. The van der Waals surface area contributed by atoms with Crippen molar-refractivity contribution in [3.63, 3.8) is 0 Å². The smallest absolute Gasteiger partial charge is 0.263 e. The van der Waals surface area contributed by atoms with E-state index in [2.05, 4.69) is 4.98 Å². The number of hydrogen-bond acceptors (Lipinski definition) is 1. The first-order chi connectivity index (χ1) is 5.96. The van der Waals surface area contributed by atoms with Gasteiger partial charge >= 0.3 is 6.18 Å². The summed E-state index contributed by atoms with van der Waals surface area (Å²) in [6.07, 6.45) is -2.48. The molecule has 0 atom stereocenters. The molecular weight excluding hydrogens is 226 g/mol. The highest BCUT2D eigenvalue weighted by molar-refractivity contribution is 6.31. The first kappa shape index (κ1) is 10.6. The maximum absolute atomic E-state index is 12.3. The standard InChI is InChI=1S/C7H4Cl2F3N/c8-1-4-2-13-3-5(9)6(4)7(10,11)12/h2-3H,1H2. The monoisotopic (exact) mass is 229 g/mol. The van der Waals surface area contributed by atoms with E-state index in [0.717, 1.165) is 12.4 Å². The highest BCUT2D eigenvalue weighted by Crippen LogP contribution is 2.36. The molecule has 0 bridgehead atoms. The van der Waals surface area contributed by atoms with Crippen LogP contribution in [0.5, 0.6) is 0 Å². The lowest BCUT2D eigenvalue weighted by Gasteiger charge is -2.11. The fraction of sp³-hybridized carbons (Fsp3) is 0.286. The van der Waals surface area contributed by atoms with E-state index in [1.807, 2.05) is 0 Å². The zero-order valence-corrected chi connectivity index (χ0v) is 7.71. The summed E-state index contributed by atoms with van der Waals surface area (Å²) < 4.78 is 37.0. The van der Waals surface area contributed by atoms with Gasteiger partial charge in [0.1, 0.15) is 0 Å². The van der Waals surface area contributed by atoms with Crippen LogP contribution in [-0.2, 0) is 12.1 Å². The molecule has 0 spiro atoms. The highest BCUT2D eigenvalue weighted by Gasteiger charge is 2.35. The molecule has 0 amide bonds. The second-order valence-electron chi connectivity index (χ2n) is 2.29. The van der Waals surface area contributed by atoms with Gasteiger partial charge in [-0.3, -0.25) is 4.98 Å². The van der Waals surface area contributed by atoms with Gasteiger partial charge in [0.2, 0.25) is 0 Å². The van der Waals surface area contributed by atoms with Crippen molar-refractivity contribution < 1.29 is 13.2 Å². The lowest BCUT2D eigenvalue weighted by Crippen LogP contribution is -2.09. The molecule has 6 heteroatoms. The van der Waals surface area contributed by atoms with E-state index in [1.165, 1.54) is 0 Å². The summed E-state index contributed by atoms with van der Waals surface area (Å²) in [6, 6.07) is 0. The zero-order valence-electron chi connectivity index (χ0n) is 6.20. The van der Waals surface area contributed by atoms with Gasteiger partial charge in [-0.05, 0) is 5.56 Å². The molecule has 0 saturated carbocycles. The average molecular weight is 230 g/mol. The summed E-state index contributed by atoms with van der Waals surface area (Å²) in [7, 11) is 0. The van der Waals surface area contributed by atoms with E-state index < -0.39 is 16.8 Å². The molecule has 0 N–H and O–H groups in total. The Balaban J connectivity index is 3.32. The van der Waals surface area contributed by atoms with E-state index >= 15 is 0 Å². The molecule has 72 valence electrons. The summed E-state index contributed by atoms with van der Waals surface area (Å²) in [5.74, 6) is -0.262. The van der Waals surface area contributed by atoms with Crippen molar-refractivity contribution in [2.24, 2.45) is 0 Å². The molecule has 0 radical (unpaired) electrons. The molecule has 0 aromatic carbocycles. The lowest BCUT2D eigenvalue weighted by atomic mass is 10.1. The minimum absolute atomic E-state index is 0.110. The molecule has 1 rings (SSSR count). The van der Waals surface area contributed by atoms with Crippen LogP contribution >= 0.6 is 23.2 Å². The molecule has 0 unspecified atom stereocenters. The average Bonchev–Trinajstić information content (AvgIpc) is 2.01. The Morgan fingerprint density at radius 2 is 1.92 bits per heavy atom. The minimum atomic E-state index is -4.48. The van der Waals surface area contributed by atoms with E-state index in [0.29, 0.717) is 0 Å². The summed E-state index contributed by atoms with van der Waals surface area (Å²) in [5.41, 5.74) is -1.01. The molecule has 1 heterocycles. The fourth-order valence-corrected chi connectivity index (χ4v) is 1.38. The van der Waals surface area contributed by atoms with Gasteiger partial charge in [0.05, 0.1) is 10.6 Å². The third-order valence-corrected chi connectivity index (χ3v) is 1.98. The number of pyridine rings is 1. The number of halogens is 5. The molecular formula is C7H4Cl2F3N. The number of aromatic nitrogens is 1. The summed E-state index contributed by atoms with van der Waals surface area (Å²) in [5, 5.41) is -0.425. The molecule has 0 saturated heterocycles. The quantitative estimate of drug-likeness (QED) is 0.673. The lowest BCUT2D eigenvalue weighted by molar-refractivity contribution is -0.138. The molecule has 1 aromatic heterocycles. The Morgan fingerprint density at radius 1 is 1.31 bits per heavy atom. The van der Waals surface area contributed by atoms with Gasteiger partial charge in [0.25, 0.3) is 0 Å². The van der Waals surface area contributed by atoms with Crippen molar-refractivity contribution in [2.75, 3.05) is 0 Å². The van der Waals surface area contributed by atoms with Crippen LogP contribution in [0, 0.1) is 0 Å². The fourth-order valence-electron chi connectivity index (χ4n) is 0.894. The van der Waals surface area contributed by atoms with Crippen molar-refractivity contribution in [2.45, 2.75) is 12.1 Å². The van der Waals surface area contributed by atoms with Gasteiger partial charge in [0, 0.05) is 18.3 Å². The maximum Gasteiger partial charge on any atom is 0.418 e. The predicted octanol–water partition coefficient (Wildman–Crippen LogP) is 3.49. The molecule has 0 aliphatic rings. The van der Waals surface area contributed by atoms with Crippen molar-refractivity contribution in [1.82, 2.24) is 4.98 Å². The van der Waals surface area contributed by atoms with Crippen LogP contribution in [0.2, 0.25) is 5.02 Å². The molecule has 13 heavy (non-hydrogen) atoms. The summed E-state index contributed by atoms with van der Waals surface area (Å²) >= 11 is 10.7. The van der Waals surface area contributed by atoms with Gasteiger partial charge in [-0.2, -0.15) is 13.2 Å². The highest BCUT2D eigenvalue weighted by atomic mass is 35.5. The van der Waals surface area contributed by atoms with Crippen LogP contribution in [0.15, 0.2) is 12.4 Å². The first-order valence-electron chi connectivity index (χ1n) is 3.22. The van der Waals surface area contributed by atoms with Crippen LogP contribution in [0.4, 0.5) is 13.2 Å². The molecule has 0 aliphatic heterocycles. The van der Waals surface area contributed by atoms with E-state index in [9.17, 15) is 13.2 Å². The third-order valence-electron chi connectivity index (χ3n) is 1.41. The van der Waals surface area contributed by atoms with Gasteiger partial charge in [0.15, 0.2) is 0 Å². The van der Waals surface area contributed by atoms with Crippen LogP contribution in [0.25, 0.3) is 0 Å². The van der Waals surface area contributed by atoms with E-state index in [1.54, 1.807) is 0 Å². The summed E-state index contributed by atoms with van der Waals surface area (Å²) in [6.45, 7) is 0. The third kappa shape index (κ3) is 2.25. The normalized spacial score (nSPS) is 11.8. The minimum Gasteiger partial charge on any atom is -0.263 e. The van der Waals surface area contributed by atoms with E-state index in [-0.39, 0.29) is 11.4 Å². The zero-order chi connectivity index (χ0) is 10.1. The summed E-state index contributed by atoms with van der Waals surface area (Å²) in [4.78, 5) is 3.51. The Kier molecular flexibility index (Phi) is 3.03. The molecule has 0 fully saturated rings. The Labute approximate surface area is 82.5 Å². The Morgan fingerprint density at radius 3 is 2.31 bits per heavy atom. The SMILES string of the molecule is FC(F)(F)c1c(Cl)cncc1CCl. The van der Waals surface area contributed by atoms with Gasteiger partial charge in [-0.1, -0.05) is 11.6 Å². The maximum atomic E-state index is 12.3. The second-order valence-corrected chi connectivity index (χ2v) is 2.96. The second kappa shape index (κ2) is 3.72. The van der Waals surface area contributed by atoms with Crippen LogP contribution in [0.3, 0.4) is 0 Å². The molecule has 1 aromatic rings. The van der Waals surface area contributed by atoms with E-state index in [4.69, 9.17) is 23.2 Å². The van der Waals surface area contributed by atoms with Crippen molar-refractivity contribution >= 4 is 23.2 Å². The molecule has 1 nitrogen and oxygen atoms in total. The van der Waals surface area contributed by atoms with Crippen LogP contribution in [0.1, 0.15) is 11.1 Å². The van der Waals surface area contributed by atoms with Crippen molar-refractivity contribution in [3.8, 4) is 0 Å². The van der Waals surface area contributed by atoms with Crippen molar-refractivity contribution in [1.29, 1.82) is 0 Å². The predicted molar refractivity (Wildman–Crippen MR) is 43.8 cm³/mol. The topological polar surface area (TPSA) is 12.9 Å². The number of rotatable bonds is 1. The number of nitrogens with zero attached hydrogens (tertiary/aromatic N) is 1. The largest absolute Gasteiger partial charge is 0.418 e.